The van der Waals surface area contributed by atoms with Crippen LogP contribution >= 0.6 is 23.4 Å². The van der Waals surface area contributed by atoms with E-state index in [2.05, 4.69) is 23.3 Å². The summed E-state index contributed by atoms with van der Waals surface area (Å²) in [5, 5.41) is 4.97. The third-order valence-corrected chi connectivity index (χ3v) is 5.15. The highest BCUT2D eigenvalue weighted by Crippen LogP contribution is 2.28. The molecule has 5 nitrogen and oxygen atoms in total. The van der Waals surface area contributed by atoms with Gasteiger partial charge in [-0.2, -0.15) is 16.9 Å². The smallest absolute Gasteiger partial charge is 0.228 e. The molecule has 7 heteroatoms. The molecule has 2 heterocycles. The van der Waals surface area contributed by atoms with Gasteiger partial charge in [0.05, 0.1) is 18.1 Å². The molecule has 0 aromatic carbocycles. The maximum atomic E-state index is 12.7. The molecule has 0 aliphatic carbocycles. The zero-order valence-electron chi connectivity index (χ0n) is 14.3. The first-order chi connectivity index (χ1) is 11.6. The van der Waals surface area contributed by atoms with Gasteiger partial charge in [0.15, 0.2) is 5.15 Å². The lowest BCUT2D eigenvalue weighted by Crippen LogP contribution is -2.32. The summed E-state index contributed by atoms with van der Waals surface area (Å²) in [6, 6.07) is 3.73. The van der Waals surface area contributed by atoms with Gasteiger partial charge in [-0.25, -0.2) is 4.68 Å². The number of pyridine rings is 1. The highest BCUT2D eigenvalue weighted by molar-refractivity contribution is 7.99. The second-order valence-electron chi connectivity index (χ2n) is 5.45. The Morgan fingerprint density at radius 1 is 1.46 bits per heavy atom. The predicted octanol–water partition coefficient (Wildman–Crippen LogP) is 4.20. The Morgan fingerprint density at radius 2 is 2.25 bits per heavy atom. The third kappa shape index (κ3) is 4.51. The van der Waals surface area contributed by atoms with Gasteiger partial charge in [0.25, 0.3) is 0 Å². The van der Waals surface area contributed by atoms with Crippen molar-refractivity contribution in [3.05, 3.63) is 35.9 Å². The second kappa shape index (κ2) is 9.08. The van der Waals surface area contributed by atoms with Gasteiger partial charge < -0.3 is 4.90 Å². The fourth-order valence-corrected chi connectivity index (χ4v) is 3.57. The Balaban J connectivity index is 2.21. The van der Waals surface area contributed by atoms with Crippen LogP contribution in [-0.2, 0) is 4.79 Å². The number of nitrogens with zero attached hydrogens (tertiary/aromatic N) is 4. The summed E-state index contributed by atoms with van der Waals surface area (Å²) in [6.07, 6.45) is 9.87. The van der Waals surface area contributed by atoms with E-state index in [1.807, 2.05) is 19.1 Å². The van der Waals surface area contributed by atoms with Crippen molar-refractivity contribution in [3.63, 3.8) is 0 Å². The Labute approximate surface area is 152 Å². The molecule has 0 aliphatic heterocycles. The maximum absolute atomic E-state index is 12.7. The average molecular weight is 367 g/mol. The molecular formula is C17H23ClN4OS. The molecule has 0 bridgehead atoms. The summed E-state index contributed by atoms with van der Waals surface area (Å²) in [5.74, 6) is 0.0814. The zero-order chi connectivity index (χ0) is 17.5. The number of rotatable bonds is 8. The van der Waals surface area contributed by atoms with Crippen LogP contribution in [0, 0.1) is 0 Å². The Hall–Kier alpha value is -1.53. The minimum atomic E-state index is 0.0814. The van der Waals surface area contributed by atoms with Gasteiger partial charge in [-0.15, -0.1) is 0 Å². The average Bonchev–Trinajstić information content (AvgIpc) is 2.97. The number of amides is 1. The van der Waals surface area contributed by atoms with Gasteiger partial charge in [0.1, 0.15) is 5.69 Å². The van der Waals surface area contributed by atoms with Crippen molar-refractivity contribution in [2.24, 2.45) is 0 Å². The summed E-state index contributed by atoms with van der Waals surface area (Å²) < 4.78 is 1.65. The maximum Gasteiger partial charge on any atom is 0.228 e. The molecule has 2 aromatic heterocycles. The van der Waals surface area contributed by atoms with Crippen LogP contribution in [0.5, 0.6) is 0 Å². The van der Waals surface area contributed by atoms with Gasteiger partial charge in [-0.05, 0) is 31.7 Å². The number of thioether (sulfide) groups is 1. The van der Waals surface area contributed by atoms with Crippen molar-refractivity contribution < 1.29 is 4.79 Å². The quantitative estimate of drug-likeness (QED) is 0.702. The molecule has 1 atom stereocenters. The van der Waals surface area contributed by atoms with E-state index in [9.17, 15) is 4.79 Å². The van der Waals surface area contributed by atoms with Crippen LogP contribution in [0.3, 0.4) is 0 Å². The Bertz CT molecular complexity index is 662. The van der Waals surface area contributed by atoms with Crippen LogP contribution in [0.25, 0.3) is 5.69 Å². The van der Waals surface area contributed by atoms with E-state index in [1.165, 1.54) is 0 Å². The largest absolute Gasteiger partial charge is 0.308 e. The Morgan fingerprint density at radius 3 is 2.83 bits per heavy atom. The molecule has 0 fully saturated rings. The molecule has 0 saturated heterocycles. The van der Waals surface area contributed by atoms with Crippen LogP contribution in [0.1, 0.15) is 33.1 Å². The number of hydrogen-bond acceptors (Lipinski definition) is 4. The van der Waals surface area contributed by atoms with Crippen molar-refractivity contribution in [3.8, 4) is 5.69 Å². The normalized spacial score (nSPS) is 12.2. The van der Waals surface area contributed by atoms with E-state index in [0.29, 0.717) is 29.1 Å². The molecule has 0 aliphatic rings. The van der Waals surface area contributed by atoms with Gasteiger partial charge in [-0.1, -0.05) is 24.9 Å². The van der Waals surface area contributed by atoms with Gasteiger partial charge >= 0.3 is 0 Å². The molecule has 24 heavy (non-hydrogen) atoms. The summed E-state index contributed by atoms with van der Waals surface area (Å²) in [4.78, 5) is 18.5. The first kappa shape index (κ1) is 18.8. The standard InChI is InChI=1S/C17H23ClN4OS/c1-4-7-14(24-3)10-16(23)21(5-2)15-12-22(20-17(15)18)13-8-6-9-19-11-13/h6,8-9,11-12,14H,4-5,7,10H2,1-3H3. The molecule has 1 amide bonds. The minimum Gasteiger partial charge on any atom is -0.308 e. The topological polar surface area (TPSA) is 51.0 Å². The zero-order valence-corrected chi connectivity index (χ0v) is 15.8. The number of carbonyl (C=O) groups excluding carboxylic acids is 1. The fourth-order valence-electron chi connectivity index (χ4n) is 2.56. The molecule has 1 unspecified atom stereocenters. The van der Waals surface area contributed by atoms with Gasteiger partial charge in [0, 0.05) is 24.4 Å². The number of aromatic nitrogens is 3. The van der Waals surface area contributed by atoms with Crippen LogP contribution in [0.15, 0.2) is 30.7 Å². The van der Waals surface area contributed by atoms with E-state index < -0.39 is 0 Å². The minimum absolute atomic E-state index is 0.0814. The molecule has 0 saturated carbocycles. The highest BCUT2D eigenvalue weighted by atomic mass is 35.5. The SMILES string of the molecule is CCCC(CC(=O)N(CC)c1cn(-c2cccnc2)nc1Cl)SC. The lowest BCUT2D eigenvalue weighted by molar-refractivity contribution is -0.118. The van der Waals surface area contributed by atoms with E-state index in [4.69, 9.17) is 11.6 Å². The summed E-state index contributed by atoms with van der Waals surface area (Å²) >= 11 is 8.04. The number of carbonyl (C=O) groups is 1. The van der Waals surface area contributed by atoms with Crippen LogP contribution in [-0.4, -0.2) is 38.7 Å². The van der Waals surface area contributed by atoms with Crippen LogP contribution in [0.4, 0.5) is 5.69 Å². The number of halogens is 1. The molecule has 0 N–H and O–H groups in total. The van der Waals surface area contributed by atoms with Crippen molar-refractivity contribution in [2.45, 2.75) is 38.4 Å². The van der Waals surface area contributed by atoms with Gasteiger partial charge in [0.2, 0.25) is 5.91 Å². The van der Waals surface area contributed by atoms with Crippen molar-refractivity contribution >= 4 is 35.0 Å². The highest BCUT2D eigenvalue weighted by Gasteiger charge is 2.22. The first-order valence-corrected chi connectivity index (χ1v) is 9.76. The molecule has 2 aromatic rings. The van der Waals surface area contributed by atoms with Crippen molar-refractivity contribution in [2.75, 3.05) is 17.7 Å². The fraction of sp³-hybridized carbons (Fsp3) is 0.471. The summed E-state index contributed by atoms with van der Waals surface area (Å²) in [7, 11) is 0. The molecule has 130 valence electrons. The van der Waals surface area contributed by atoms with E-state index in [1.54, 1.807) is 39.9 Å². The monoisotopic (exact) mass is 366 g/mol. The van der Waals surface area contributed by atoms with Crippen molar-refractivity contribution in [1.82, 2.24) is 14.8 Å². The lowest BCUT2D eigenvalue weighted by atomic mass is 10.2. The van der Waals surface area contributed by atoms with E-state index in [0.717, 1.165) is 18.5 Å². The van der Waals surface area contributed by atoms with E-state index >= 15 is 0 Å². The predicted molar refractivity (Wildman–Crippen MR) is 101 cm³/mol. The summed E-state index contributed by atoms with van der Waals surface area (Å²) in [5.41, 5.74) is 1.45. The second-order valence-corrected chi connectivity index (χ2v) is 6.95. The Kier molecular flexibility index (Phi) is 7.12. The van der Waals surface area contributed by atoms with Crippen molar-refractivity contribution in [1.29, 1.82) is 0 Å². The molecule has 0 radical (unpaired) electrons. The lowest BCUT2D eigenvalue weighted by Gasteiger charge is -2.22. The van der Waals surface area contributed by atoms with Crippen LogP contribution < -0.4 is 4.90 Å². The summed E-state index contributed by atoms with van der Waals surface area (Å²) in [6.45, 7) is 4.65. The molecule has 0 spiro atoms. The van der Waals surface area contributed by atoms with E-state index in [-0.39, 0.29) is 5.91 Å². The molecular weight excluding hydrogens is 344 g/mol. The number of anilines is 1. The number of hydrogen-bond donors (Lipinski definition) is 0. The van der Waals surface area contributed by atoms with Gasteiger partial charge in [-0.3, -0.25) is 9.78 Å². The molecule has 2 rings (SSSR count). The first-order valence-electron chi connectivity index (χ1n) is 8.09. The third-order valence-electron chi connectivity index (χ3n) is 3.82. The van der Waals surface area contributed by atoms with Crippen LogP contribution in [0.2, 0.25) is 5.15 Å².